The second-order valence-electron chi connectivity index (χ2n) is 9.22. The molecule has 1 rings (SSSR count). The molecular formula is C17H32Si4. The molecule has 116 valence electrons. The lowest BCUT2D eigenvalue weighted by Crippen LogP contribution is -2.88. The molecule has 0 nitrogen and oxygen atoms in total. The van der Waals surface area contributed by atoms with Crippen molar-refractivity contribution in [2.45, 2.75) is 58.9 Å². The van der Waals surface area contributed by atoms with Gasteiger partial charge in [0.15, 0.2) is 0 Å². The van der Waals surface area contributed by atoms with Crippen LogP contribution in [0, 0.1) is 12.3 Å². The summed E-state index contributed by atoms with van der Waals surface area (Å²) in [5.74, 6) is 2.77. The van der Waals surface area contributed by atoms with Crippen molar-refractivity contribution in [3.63, 3.8) is 0 Å². The summed E-state index contributed by atoms with van der Waals surface area (Å²) in [6.45, 7) is 22.2. The molecule has 0 N–H and O–H groups in total. The molecule has 0 aliphatic carbocycles. The molecule has 1 aromatic carbocycles. The fourth-order valence-corrected chi connectivity index (χ4v) is 106. The van der Waals surface area contributed by atoms with Crippen LogP contribution in [0.3, 0.4) is 0 Å². The van der Waals surface area contributed by atoms with Gasteiger partial charge in [0, 0.05) is 28.3 Å². The average Bonchev–Trinajstić information content (AvgIpc) is 2.24. The third-order valence-electron chi connectivity index (χ3n) is 4.86. The zero-order valence-corrected chi connectivity index (χ0v) is 19.4. The monoisotopic (exact) mass is 348 g/mol. The van der Waals surface area contributed by atoms with Crippen molar-refractivity contribution in [1.29, 1.82) is 0 Å². The van der Waals surface area contributed by atoms with Crippen LogP contribution in [0.25, 0.3) is 0 Å². The first-order valence-electron chi connectivity index (χ1n) is 7.86. The molecular weight excluding hydrogens is 317 g/mol. The van der Waals surface area contributed by atoms with E-state index in [-0.39, 0.29) is 0 Å². The van der Waals surface area contributed by atoms with Crippen molar-refractivity contribution in [2.75, 3.05) is 0 Å². The van der Waals surface area contributed by atoms with Gasteiger partial charge in [0.2, 0.25) is 0 Å². The number of hydrogen-bond donors (Lipinski definition) is 0. The Bertz CT molecular complexity index is 495. The predicted octanol–water partition coefficient (Wildman–Crippen LogP) is 4.57. The smallest absolute Gasteiger partial charge is 0.0685 e. The number of hydrogen-bond acceptors (Lipinski definition) is 0. The van der Waals surface area contributed by atoms with Crippen LogP contribution in [0.2, 0.25) is 58.9 Å². The minimum absolute atomic E-state index is 1.02. The van der Waals surface area contributed by atoms with E-state index in [4.69, 9.17) is 6.42 Å². The molecule has 0 spiro atoms. The Morgan fingerprint density at radius 1 is 0.667 bits per heavy atom. The molecule has 0 aromatic heterocycles. The van der Waals surface area contributed by atoms with E-state index in [2.05, 4.69) is 89.1 Å². The van der Waals surface area contributed by atoms with Gasteiger partial charge in [-0.2, -0.15) is 0 Å². The van der Waals surface area contributed by atoms with Gasteiger partial charge >= 0.3 is 0 Å². The van der Waals surface area contributed by atoms with E-state index >= 15 is 0 Å². The van der Waals surface area contributed by atoms with Crippen molar-refractivity contribution in [1.82, 2.24) is 0 Å². The molecule has 0 aliphatic heterocycles. The second kappa shape index (κ2) is 5.69. The van der Waals surface area contributed by atoms with Gasteiger partial charge in [-0.15, -0.1) is 6.42 Å². The van der Waals surface area contributed by atoms with Crippen molar-refractivity contribution >= 4 is 34.6 Å². The topological polar surface area (TPSA) is 0 Å². The van der Waals surface area contributed by atoms with Crippen LogP contribution >= 0.6 is 0 Å². The van der Waals surface area contributed by atoms with Gasteiger partial charge < -0.3 is 0 Å². The number of terminal acetylenes is 1. The summed E-state index contributed by atoms with van der Waals surface area (Å²) in [6, 6.07) is 9.15. The van der Waals surface area contributed by atoms with Crippen LogP contribution in [-0.4, -0.2) is 29.4 Å². The van der Waals surface area contributed by atoms with E-state index in [1.807, 2.05) is 0 Å². The highest BCUT2D eigenvalue weighted by molar-refractivity contribution is 7.92. The van der Waals surface area contributed by atoms with Crippen molar-refractivity contribution in [3.05, 3.63) is 29.8 Å². The fourth-order valence-electron chi connectivity index (χ4n) is 5.49. The first kappa shape index (κ1) is 18.7. The Kier molecular flexibility index (Phi) is 5.07. The molecule has 0 unspecified atom stereocenters. The van der Waals surface area contributed by atoms with Gasteiger partial charge in [-0.3, -0.25) is 0 Å². The molecule has 0 bridgehead atoms. The SMILES string of the molecule is C#Cc1ccc([Si]([Si](C)(C)C)([Si](C)(C)C)[Si](C)(C)C)cc1. The molecule has 1 aromatic rings. The maximum Gasteiger partial charge on any atom is 0.0685 e. The van der Waals surface area contributed by atoms with Gasteiger partial charge in [-0.25, -0.2) is 0 Å². The minimum Gasteiger partial charge on any atom is -0.115 e. The summed E-state index contributed by atoms with van der Waals surface area (Å²) in [4.78, 5) is 0. The maximum absolute atomic E-state index is 5.55. The average molecular weight is 349 g/mol. The first-order chi connectivity index (χ1) is 9.29. The molecule has 0 amide bonds. The Balaban J connectivity index is 3.77. The van der Waals surface area contributed by atoms with E-state index in [1.165, 1.54) is 0 Å². The lowest BCUT2D eigenvalue weighted by molar-refractivity contribution is 1.66. The Morgan fingerprint density at radius 2 is 1.00 bits per heavy atom. The van der Waals surface area contributed by atoms with Crippen molar-refractivity contribution in [2.24, 2.45) is 0 Å². The molecule has 0 fully saturated rings. The quantitative estimate of drug-likeness (QED) is 0.552. The fraction of sp³-hybridized carbons (Fsp3) is 0.529. The number of benzene rings is 1. The second-order valence-corrected chi connectivity index (χ2v) is 49.5. The summed E-state index contributed by atoms with van der Waals surface area (Å²) in [6.07, 6.45) is 5.55. The third kappa shape index (κ3) is 3.07. The zero-order chi connectivity index (χ0) is 16.7. The summed E-state index contributed by atoms with van der Waals surface area (Å²) in [7, 11) is -3.80. The van der Waals surface area contributed by atoms with Crippen LogP contribution in [0.1, 0.15) is 5.56 Å². The lowest BCUT2D eigenvalue weighted by atomic mass is 10.2. The van der Waals surface area contributed by atoms with Crippen LogP contribution in [0.15, 0.2) is 24.3 Å². The summed E-state index contributed by atoms with van der Waals surface area (Å²) >= 11 is 0. The first-order valence-corrected chi connectivity index (χ1v) is 23.4. The van der Waals surface area contributed by atoms with Crippen LogP contribution < -0.4 is 5.19 Å². The van der Waals surface area contributed by atoms with Crippen molar-refractivity contribution < 1.29 is 0 Å². The molecule has 21 heavy (non-hydrogen) atoms. The van der Waals surface area contributed by atoms with E-state index in [9.17, 15) is 0 Å². The van der Waals surface area contributed by atoms with E-state index in [0.717, 1.165) is 5.56 Å². The Morgan fingerprint density at radius 3 is 1.24 bits per heavy atom. The molecule has 0 radical (unpaired) electrons. The van der Waals surface area contributed by atoms with Gasteiger partial charge in [0.05, 0.1) is 6.63 Å². The van der Waals surface area contributed by atoms with Gasteiger partial charge in [0.1, 0.15) is 0 Å². The van der Waals surface area contributed by atoms with Crippen LogP contribution in [-0.2, 0) is 0 Å². The maximum atomic E-state index is 5.55. The molecule has 4 heteroatoms. The summed E-state index contributed by atoms with van der Waals surface area (Å²) in [5, 5.41) is 1.71. The molecule has 0 heterocycles. The molecule has 0 saturated carbocycles. The highest BCUT2D eigenvalue weighted by atomic mass is 29.9. The van der Waals surface area contributed by atoms with E-state index in [1.54, 1.807) is 5.19 Å². The standard InChI is InChI=1S/C17H32Si4/c1-11-16-12-14-17(15-13-16)21(18(2,3)4,19(5,6)7)20(8,9)10/h1,12-15H,2-10H3. The molecule has 0 aliphatic rings. The number of rotatable bonds is 4. The Labute approximate surface area is 135 Å². The summed E-state index contributed by atoms with van der Waals surface area (Å²) < 4.78 is 0. The van der Waals surface area contributed by atoms with E-state index < -0.39 is 29.4 Å². The largest absolute Gasteiger partial charge is 0.115 e. The van der Waals surface area contributed by atoms with E-state index in [0.29, 0.717) is 0 Å². The van der Waals surface area contributed by atoms with Crippen LogP contribution in [0.5, 0.6) is 0 Å². The normalized spacial score (nSPS) is 13.9. The third-order valence-corrected chi connectivity index (χ3v) is 76.2. The Hall–Kier alpha value is -0.352. The lowest BCUT2D eigenvalue weighted by Gasteiger charge is -2.57. The van der Waals surface area contributed by atoms with Gasteiger partial charge in [-0.1, -0.05) is 82.2 Å². The highest BCUT2D eigenvalue weighted by Gasteiger charge is 2.62. The van der Waals surface area contributed by atoms with Crippen LogP contribution in [0.4, 0.5) is 0 Å². The summed E-state index contributed by atoms with van der Waals surface area (Å²) in [5.41, 5.74) is 1.02. The predicted molar refractivity (Wildman–Crippen MR) is 110 cm³/mol. The van der Waals surface area contributed by atoms with Gasteiger partial charge in [0.25, 0.3) is 0 Å². The zero-order valence-electron chi connectivity index (χ0n) is 15.4. The minimum atomic E-state index is -1.46. The molecule has 0 atom stereocenters. The van der Waals surface area contributed by atoms with Gasteiger partial charge in [-0.05, 0) is 12.1 Å². The molecule has 0 saturated heterocycles. The van der Waals surface area contributed by atoms with Crippen molar-refractivity contribution in [3.8, 4) is 12.3 Å². The highest BCUT2D eigenvalue weighted by Crippen LogP contribution is 2.36.